The highest BCUT2D eigenvalue weighted by atomic mass is 127. The molecule has 0 bridgehead atoms. The van der Waals surface area contributed by atoms with Crippen LogP contribution in [0.15, 0.2) is 70.6 Å². The minimum absolute atomic E-state index is 0.191. The number of rotatable bonds is 6. The molecule has 1 amide bonds. The Morgan fingerprint density at radius 3 is 2.48 bits per heavy atom. The van der Waals surface area contributed by atoms with Gasteiger partial charge in [-0.1, -0.05) is 12.1 Å². The fourth-order valence-corrected chi connectivity index (χ4v) is 5.96. The first-order chi connectivity index (χ1) is 15.9. The van der Waals surface area contributed by atoms with Crippen LogP contribution in [0.1, 0.15) is 11.1 Å². The van der Waals surface area contributed by atoms with Crippen LogP contribution in [0.4, 0.5) is 10.1 Å². The lowest BCUT2D eigenvalue weighted by Gasteiger charge is -2.12. The molecule has 0 atom stereocenters. The maximum atomic E-state index is 13.4. The molecule has 5 nitrogen and oxygen atoms in total. The van der Waals surface area contributed by atoms with Crippen LogP contribution in [0.3, 0.4) is 0 Å². The van der Waals surface area contributed by atoms with Gasteiger partial charge < -0.3 is 14.8 Å². The van der Waals surface area contributed by atoms with Gasteiger partial charge >= 0.3 is 0 Å². The number of carbonyl (C=O) groups is 1. The Morgan fingerprint density at radius 2 is 1.82 bits per heavy atom. The predicted molar refractivity (Wildman–Crippen MR) is 146 cm³/mol. The Hall–Kier alpha value is -2.12. The van der Waals surface area contributed by atoms with Crippen LogP contribution in [0.2, 0.25) is 0 Å². The van der Waals surface area contributed by atoms with E-state index in [1.807, 2.05) is 48.5 Å². The smallest absolute Gasteiger partial charge is 0.264 e. The number of ether oxygens (including phenoxy) is 2. The first kappa shape index (κ1) is 24.0. The first-order valence-corrected chi connectivity index (χ1v) is 12.7. The van der Waals surface area contributed by atoms with E-state index in [-0.39, 0.29) is 18.3 Å². The van der Waals surface area contributed by atoms with Gasteiger partial charge in [0.1, 0.15) is 23.9 Å². The van der Waals surface area contributed by atoms with Gasteiger partial charge in [0.15, 0.2) is 5.17 Å². The van der Waals surface area contributed by atoms with Gasteiger partial charge in [-0.15, -0.1) is 0 Å². The number of aliphatic imine (C=N–C) groups is 1. The van der Waals surface area contributed by atoms with E-state index in [9.17, 15) is 9.18 Å². The summed E-state index contributed by atoms with van der Waals surface area (Å²) in [5.74, 6) is 0.997. The number of halogens is 3. The number of hydrogen-bond donors (Lipinski definition) is 1. The van der Waals surface area contributed by atoms with Gasteiger partial charge in [0.25, 0.3) is 5.91 Å². The number of nitrogens with one attached hydrogen (secondary N) is 1. The number of amides is 1. The minimum Gasteiger partial charge on any atom is -0.497 e. The molecule has 1 N–H and O–H groups in total. The lowest BCUT2D eigenvalue weighted by Crippen LogP contribution is -2.19. The molecule has 1 fully saturated rings. The van der Waals surface area contributed by atoms with Crippen molar-refractivity contribution in [2.45, 2.75) is 6.61 Å². The van der Waals surface area contributed by atoms with Crippen LogP contribution in [0.25, 0.3) is 6.08 Å². The lowest BCUT2D eigenvalue weighted by molar-refractivity contribution is -0.115. The zero-order valence-corrected chi connectivity index (χ0v) is 22.4. The highest BCUT2D eigenvalue weighted by Gasteiger charge is 2.24. The molecule has 4 rings (SSSR count). The van der Waals surface area contributed by atoms with Crippen molar-refractivity contribution in [2.75, 3.05) is 7.11 Å². The van der Waals surface area contributed by atoms with Gasteiger partial charge in [-0.2, -0.15) is 0 Å². The summed E-state index contributed by atoms with van der Waals surface area (Å²) in [5.41, 5.74) is 2.37. The average molecular weight is 686 g/mol. The Labute approximate surface area is 222 Å². The van der Waals surface area contributed by atoms with Crippen LogP contribution < -0.4 is 14.8 Å². The second-order valence-corrected chi connectivity index (χ2v) is 10.3. The Morgan fingerprint density at radius 1 is 1.09 bits per heavy atom. The number of hydrogen-bond acceptors (Lipinski definition) is 5. The van der Waals surface area contributed by atoms with Gasteiger partial charge in [0, 0.05) is 0 Å². The number of nitrogens with zero attached hydrogens (tertiary/aromatic N) is 1. The molecule has 0 aromatic heterocycles. The molecule has 1 heterocycles. The zero-order valence-electron chi connectivity index (χ0n) is 17.3. The molecule has 3 aromatic carbocycles. The topological polar surface area (TPSA) is 59.9 Å². The van der Waals surface area contributed by atoms with E-state index in [2.05, 4.69) is 55.5 Å². The SMILES string of the molecule is COc1ccc(N=C2NC(=O)/C(=C\c3cc(I)c(OCc4cccc(F)c4)c(I)c3)S2)cc1. The van der Waals surface area contributed by atoms with Gasteiger partial charge in [-0.3, -0.25) is 4.79 Å². The third-order valence-corrected chi connectivity index (χ3v) is 7.06. The Kier molecular flexibility index (Phi) is 7.91. The van der Waals surface area contributed by atoms with Crippen LogP contribution in [-0.2, 0) is 11.4 Å². The van der Waals surface area contributed by atoms with E-state index in [4.69, 9.17) is 9.47 Å². The molecular formula is C24H17FI2N2O3S. The van der Waals surface area contributed by atoms with Crippen molar-refractivity contribution in [3.05, 3.63) is 89.7 Å². The average Bonchev–Trinajstić information content (AvgIpc) is 3.12. The summed E-state index contributed by atoms with van der Waals surface area (Å²) in [6, 6.07) is 17.5. The van der Waals surface area contributed by atoms with E-state index in [1.165, 1.54) is 23.9 Å². The molecule has 0 spiro atoms. The summed E-state index contributed by atoms with van der Waals surface area (Å²) >= 11 is 5.70. The van der Waals surface area contributed by atoms with Gasteiger partial charge in [0.05, 0.1) is 24.8 Å². The fraction of sp³-hybridized carbons (Fsp3) is 0.0833. The summed E-state index contributed by atoms with van der Waals surface area (Å²) in [7, 11) is 1.61. The Bertz CT molecular complexity index is 1240. The molecule has 0 aliphatic carbocycles. The third-order valence-electron chi connectivity index (χ3n) is 4.54. The molecule has 33 heavy (non-hydrogen) atoms. The maximum absolute atomic E-state index is 13.4. The quantitative estimate of drug-likeness (QED) is 0.237. The second-order valence-electron chi connectivity index (χ2n) is 6.91. The molecule has 1 saturated heterocycles. The van der Waals surface area contributed by atoms with Crippen molar-refractivity contribution in [3.8, 4) is 11.5 Å². The van der Waals surface area contributed by atoms with Crippen molar-refractivity contribution < 1.29 is 18.7 Å². The summed E-state index contributed by atoms with van der Waals surface area (Å²) in [5, 5.41) is 3.32. The highest BCUT2D eigenvalue weighted by molar-refractivity contribution is 14.1. The van der Waals surface area contributed by atoms with Crippen LogP contribution in [-0.4, -0.2) is 18.2 Å². The van der Waals surface area contributed by atoms with Crippen LogP contribution >= 0.6 is 56.9 Å². The van der Waals surface area contributed by atoms with Crippen LogP contribution in [0, 0.1) is 13.0 Å². The van der Waals surface area contributed by atoms with Crippen molar-refractivity contribution in [2.24, 2.45) is 4.99 Å². The zero-order chi connectivity index (χ0) is 23.4. The summed E-state index contributed by atoms with van der Waals surface area (Å²) in [4.78, 5) is 17.5. The molecule has 0 radical (unpaired) electrons. The molecule has 1 aliphatic heterocycles. The monoisotopic (exact) mass is 686 g/mol. The number of amidine groups is 1. The van der Waals surface area contributed by atoms with Crippen molar-refractivity contribution in [3.63, 3.8) is 0 Å². The van der Waals surface area contributed by atoms with Crippen molar-refractivity contribution in [1.29, 1.82) is 0 Å². The largest absolute Gasteiger partial charge is 0.497 e. The van der Waals surface area contributed by atoms with E-state index < -0.39 is 0 Å². The first-order valence-electron chi connectivity index (χ1n) is 9.71. The normalized spacial score (nSPS) is 15.7. The van der Waals surface area contributed by atoms with Gasteiger partial charge in [-0.05, 0) is 123 Å². The molecule has 9 heteroatoms. The van der Waals surface area contributed by atoms with E-state index >= 15 is 0 Å². The summed E-state index contributed by atoms with van der Waals surface area (Å²) in [6.07, 6.45) is 1.83. The standard InChI is InChI=1S/C24H17FI2N2O3S/c1-31-18-7-5-17(6-8-18)28-24-29-23(30)21(33-24)12-15-10-19(26)22(20(27)11-15)32-13-14-3-2-4-16(25)9-14/h2-12H,13H2,1H3,(H,28,29,30)/b21-12+. The van der Waals surface area contributed by atoms with Gasteiger partial charge in [-0.25, -0.2) is 9.38 Å². The number of benzene rings is 3. The number of carbonyl (C=O) groups excluding carboxylic acids is 1. The predicted octanol–water partition coefficient (Wildman–Crippen LogP) is 6.51. The lowest BCUT2D eigenvalue weighted by atomic mass is 10.2. The number of thioether (sulfide) groups is 1. The summed E-state index contributed by atoms with van der Waals surface area (Å²) < 4.78 is 26.3. The van der Waals surface area contributed by atoms with Crippen LogP contribution in [0.5, 0.6) is 11.5 Å². The maximum Gasteiger partial charge on any atom is 0.264 e. The van der Waals surface area contributed by atoms with Crippen molar-refractivity contribution >= 4 is 79.8 Å². The number of methoxy groups -OCH3 is 1. The molecule has 1 aliphatic rings. The van der Waals surface area contributed by atoms with E-state index in [1.54, 1.807) is 13.2 Å². The molecule has 168 valence electrons. The van der Waals surface area contributed by atoms with E-state index in [0.29, 0.717) is 10.1 Å². The fourth-order valence-electron chi connectivity index (χ4n) is 2.99. The summed E-state index contributed by atoms with van der Waals surface area (Å²) in [6.45, 7) is 0.271. The molecule has 0 unspecified atom stereocenters. The second kappa shape index (κ2) is 10.9. The molecular weight excluding hydrogens is 669 g/mol. The third kappa shape index (κ3) is 6.27. The molecule has 0 saturated carbocycles. The van der Waals surface area contributed by atoms with Gasteiger partial charge in [0.2, 0.25) is 0 Å². The van der Waals surface area contributed by atoms with E-state index in [0.717, 1.165) is 35.5 Å². The minimum atomic E-state index is -0.287. The Balaban J connectivity index is 1.49. The highest BCUT2D eigenvalue weighted by Crippen LogP contribution is 2.33. The molecule has 3 aromatic rings. The van der Waals surface area contributed by atoms with Crippen molar-refractivity contribution in [1.82, 2.24) is 5.32 Å².